The normalized spacial score (nSPS) is 24.9. The molecule has 1 heterocycles. The van der Waals surface area contributed by atoms with Crippen LogP contribution in [0.5, 0.6) is 0 Å². The summed E-state index contributed by atoms with van der Waals surface area (Å²) in [6.45, 7) is 3.00. The average Bonchev–Trinajstić information content (AvgIpc) is 2.82. The highest BCUT2D eigenvalue weighted by molar-refractivity contribution is 5.75. The van der Waals surface area contributed by atoms with Gasteiger partial charge in [0.05, 0.1) is 12.1 Å². The number of rotatable bonds is 4. The topological polar surface area (TPSA) is 55.1 Å². The van der Waals surface area contributed by atoms with Crippen LogP contribution in [0.3, 0.4) is 0 Å². The van der Waals surface area contributed by atoms with Gasteiger partial charge in [-0.15, -0.1) is 0 Å². The fourth-order valence-corrected chi connectivity index (χ4v) is 1.76. The zero-order valence-corrected chi connectivity index (χ0v) is 8.18. The van der Waals surface area contributed by atoms with Crippen molar-refractivity contribution in [3.05, 3.63) is 18.0 Å². The number of aryl methyl sites for hydroxylation is 1. The fraction of sp³-hybridized carbons (Fsp3) is 0.600. The zero-order valence-electron chi connectivity index (χ0n) is 8.18. The Bertz CT molecular complexity index is 346. The number of carboxylic acids is 1. The first-order valence-electron chi connectivity index (χ1n) is 4.97. The summed E-state index contributed by atoms with van der Waals surface area (Å²) < 4.78 is 1.88. The third kappa shape index (κ3) is 1.64. The van der Waals surface area contributed by atoms with E-state index in [0.717, 1.165) is 24.9 Å². The van der Waals surface area contributed by atoms with Crippen molar-refractivity contribution in [1.29, 1.82) is 0 Å². The molecule has 0 unspecified atom stereocenters. The SMILES string of the molecule is CCCn1cc([C@H]2C[C@H]2C(=O)O)cn1. The van der Waals surface area contributed by atoms with Crippen molar-refractivity contribution in [2.75, 3.05) is 0 Å². The van der Waals surface area contributed by atoms with E-state index in [2.05, 4.69) is 12.0 Å². The Kier molecular flexibility index (Phi) is 2.27. The number of carbonyl (C=O) groups is 1. The molecule has 76 valence electrons. The number of carboxylic acid groups (broad SMARTS) is 1. The molecule has 1 aliphatic carbocycles. The van der Waals surface area contributed by atoms with Crippen LogP contribution in [0.15, 0.2) is 12.4 Å². The Morgan fingerprint density at radius 2 is 2.57 bits per heavy atom. The largest absolute Gasteiger partial charge is 0.481 e. The molecule has 1 N–H and O–H groups in total. The van der Waals surface area contributed by atoms with Gasteiger partial charge in [0.2, 0.25) is 0 Å². The molecule has 4 nitrogen and oxygen atoms in total. The van der Waals surface area contributed by atoms with Crippen molar-refractivity contribution < 1.29 is 9.90 Å². The Morgan fingerprint density at radius 3 is 3.14 bits per heavy atom. The second kappa shape index (κ2) is 3.44. The summed E-state index contributed by atoms with van der Waals surface area (Å²) in [5.74, 6) is -0.648. The van der Waals surface area contributed by atoms with E-state index in [4.69, 9.17) is 5.11 Å². The first-order valence-corrected chi connectivity index (χ1v) is 4.97. The molecule has 1 aromatic rings. The predicted octanol–water partition coefficient (Wildman–Crippen LogP) is 1.48. The molecular formula is C10H14N2O2. The first kappa shape index (κ1) is 9.24. The predicted molar refractivity (Wildman–Crippen MR) is 51.0 cm³/mol. The van der Waals surface area contributed by atoms with Crippen LogP contribution in [0.4, 0.5) is 0 Å². The number of hydrogen-bond donors (Lipinski definition) is 1. The summed E-state index contributed by atoms with van der Waals surface area (Å²) >= 11 is 0. The van der Waals surface area contributed by atoms with Gasteiger partial charge in [-0.2, -0.15) is 5.10 Å². The molecule has 0 radical (unpaired) electrons. The van der Waals surface area contributed by atoms with Gasteiger partial charge in [-0.3, -0.25) is 9.48 Å². The minimum absolute atomic E-state index is 0.172. The Hall–Kier alpha value is -1.32. The molecule has 2 atom stereocenters. The molecule has 0 saturated heterocycles. The highest BCUT2D eigenvalue weighted by Crippen LogP contribution is 2.47. The molecule has 1 saturated carbocycles. The maximum Gasteiger partial charge on any atom is 0.307 e. The molecule has 1 fully saturated rings. The van der Waals surface area contributed by atoms with Crippen LogP contribution in [-0.4, -0.2) is 20.9 Å². The van der Waals surface area contributed by atoms with Gasteiger partial charge in [-0.25, -0.2) is 0 Å². The summed E-state index contributed by atoms with van der Waals surface area (Å²) in [7, 11) is 0. The van der Waals surface area contributed by atoms with Gasteiger partial charge in [-0.05, 0) is 18.4 Å². The van der Waals surface area contributed by atoms with Crippen molar-refractivity contribution >= 4 is 5.97 Å². The van der Waals surface area contributed by atoms with Gasteiger partial charge < -0.3 is 5.11 Å². The number of aliphatic carboxylic acids is 1. The fourth-order valence-electron chi connectivity index (χ4n) is 1.76. The molecule has 2 rings (SSSR count). The van der Waals surface area contributed by atoms with Crippen LogP contribution in [0, 0.1) is 5.92 Å². The molecule has 14 heavy (non-hydrogen) atoms. The third-order valence-corrected chi connectivity index (χ3v) is 2.64. The lowest BCUT2D eigenvalue weighted by atomic mass is 10.2. The van der Waals surface area contributed by atoms with E-state index < -0.39 is 5.97 Å². The van der Waals surface area contributed by atoms with Gasteiger partial charge in [-0.1, -0.05) is 6.92 Å². The molecule has 0 bridgehead atoms. The van der Waals surface area contributed by atoms with Crippen molar-refractivity contribution in [1.82, 2.24) is 9.78 Å². The standard InChI is InChI=1S/C10H14N2O2/c1-2-3-12-6-7(5-11-12)8-4-9(8)10(13)14/h5-6,8-9H,2-4H2,1H3,(H,13,14)/t8-,9-/m1/s1. The quantitative estimate of drug-likeness (QED) is 0.789. The molecule has 0 spiro atoms. The van der Waals surface area contributed by atoms with Gasteiger partial charge in [0, 0.05) is 18.7 Å². The van der Waals surface area contributed by atoms with Gasteiger partial charge >= 0.3 is 5.97 Å². The molecule has 0 aliphatic heterocycles. The summed E-state index contributed by atoms with van der Waals surface area (Å²) in [5, 5.41) is 13.0. The second-order valence-corrected chi connectivity index (χ2v) is 3.82. The van der Waals surface area contributed by atoms with Crippen LogP contribution < -0.4 is 0 Å². The monoisotopic (exact) mass is 194 g/mol. The lowest BCUT2D eigenvalue weighted by Crippen LogP contribution is -1.98. The van der Waals surface area contributed by atoms with Crippen LogP contribution >= 0.6 is 0 Å². The van der Waals surface area contributed by atoms with Crippen molar-refractivity contribution in [2.24, 2.45) is 5.92 Å². The van der Waals surface area contributed by atoms with E-state index in [9.17, 15) is 4.79 Å². The number of nitrogens with zero attached hydrogens (tertiary/aromatic N) is 2. The van der Waals surface area contributed by atoms with Crippen LogP contribution in [-0.2, 0) is 11.3 Å². The maximum absolute atomic E-state index is 10.7. The van der Waals surface area contributed by atoms with Gasteiger partial charge in [0.15, 0.2) is 0 Å². The average molecular weight is 194 g/mol. The van der Waals surface area contributed by atoms with E-state index >= 15 is 0 Å². The van der Waals surface area contributed by atoms with E-state index in [0.29, 0.717) is 0 Å². The van der Waals surface area contributed by atoms with E-state index in [1.807, 2.05) is 10.9 Å². The van der Waals surface area contributed by atoms with Gasteiger partial charge in [0.25, 0.3) is 0 Å². The number of aromatic nitrogens is 2. The van der Waals surface area contributed by atoms with Crippen molar-refractivity contribution in [3.63, 3.8) is 0 Å². The van der Waals surface area contributed by atoms with Gasteiger partial charge in [0.1, 0.15) is 0 Å². The Balaban J connectivity index is 2.01. The Labute approximate surface area is 82.5 Å². The minimum Gasteiger partial charge on any atom is -0.481 e. The lowest BCUT2D eigenvalue weighted by Gasteiger charge is -1.94. The summed E-state index contributed by atoms with van der Waals surface area (Å²) in [4.78, 5) is 10.7. The summed E-state index contributed by atoms with van der Waals surface area (Å²) in [6, 6.07) is 0. The third-order valence-electron chi connectivity index (χ3n) is 2.64. The van der Waals surface area contributed by atoms with Crippen LogP contribution in [0.1, 0.15) is 31.2 Å². The highest BCUT2D eigenvalue weighted by Gasteiger charge is 2.44. The molecule has 0 aromatic carbocycles. The van der Waals surface area contributed by atoms with Crippen molar-refractivity contribution in [3.8, 4) is 0 Å². The zero-order chi connectivity index (χ0) is 10.1. The summed E-state index contributed by atoms with van der Waals surface area (Å²) in [6.07, 6.45) is 5.58. The van der Waals surface area contributed by atoms with Crippen LogP contribution in [0.2, 0.25) is 0 Å². The molecular weight excluding hydrogens is 180 g/mol. The van der Waals surface area contributed by atoms with Crippen LogP contribution in [0.25, 0.3) is 0 Å². The smallest absolute Gasteiger partial charge is 0.307 e. The van der Waals surface area contributed by atoms with E-state index in [1.54, 1.807) is 6.20 Å². The number of hydrogen-bond acceptors (Lipinski definition) is 2. The second-order valence-electron chi connectivity index (χ2n) is 3.82. The first-order chi connectivity index (χ1) is 6.72. The summed E-state index contributed by atoms with van der Waals surface area (Å²) in [5.41, 5.74) is 1.07. The maximum atomic E-state index is 10.7. The lowest BCUT2D eigenvalue weighted by molar-refractivity contribution is -0.138. The molecule has 0 amide bonds. The Morgan fingerprint density at radius 1 is 1.79 bits per heavy atom. The van der Waals surface area contributed by atoms with E-state index in [1.165, 1.54) is 0 Å². The minimum atomic E-state index is -0.682. The highest BCUT2D eigenvalue weighted by atomic mass is 16.4. The molecule has 4 heteroatoms. The van der Waals surface area contributed by atoms with E-state index in [-0.39, 0.29) is 11.8 Å². The van der Waals surface area contributed by atoms with Crippen molar-refractivity contribution in [2.45, 2.75) is 32.2 Å². The molecule has 1 aromatic heterocycles. The molecule has 1 aliphatic rings.